The molecule has 0 amide bonds. The Labute approximate surface area is 185 Å². The van der Waals surface area contributed by atoms with Gasteiger partial charge >= 0.3 is 0 Å². The standard InChI is InChI=1S/C13H10Cl10/c1-2-4-7-8(10(14,15)12(18,19)20)5-3-6-9(7)11(16,17)13(21,22)23/h3,5-6H,2,4H2,1H3. The van der Waals surface area contributed by atoms with E-state index in [0.717, 1.165) is 0 Å². The van der Waals surface area contributed by atoms with E-state index in [2.05, 4.69) is 0 Å². The number of hydrogen-bond acceptors (Lipinski definition) is 0. The third-order valence-electron chi connectivity index (χ3n) is 3.06. The van der Waals surface area contributed by atoms with E-state index in [9.17, 15) is 0 Å². The normalized spacial score (nSPS) is 14.2. The summed E-state index contributed by atoms with van der Waals surface area (Å²) in [5, 5.41) is 0. The molecule has 0 nitrogen and oxygen atoms in total. The predicted molar refractivity (Wildman–Crippen MR) is 108 cm³/mol. The average Bonchev–Trinajstić information content (AvgIpc) is 2.36. The number of hydrogen-bond donors (Lipinski definition) is 0. The van der Waals surface area contributed by atoms with Gasteiger partial charge in [0.1, 0.15) is 0 Å². The molecule has 1 rings (SSSR count). The largest absolute Gasteiger partial charge is 0.227 e. The quantitative estimate of drug-likeness (QED) is 0.349. The summed E-state index contributed by atoms with van der Waals surface area (Å²) in [6.45, 7) is 1.93. The van der Waals surface area contributed by atoms with Gasteiger partial charge in [0.25, 0.3) is 0 Å². The van der Waals surface area contributed by atoms with E-state index in [0.29, 0.717) is 29.5 Å². The third-order valence-corrected chi connectivity index (χ3v) is 7.87. The van der Waals surface area contributed by atoms with Gasteiger partial charge in [-0.15, -0.1) is 0 Å². The molecule has 0 aromatic heterocycles. The zero-order valence-electron chi connectivity index (χ0n) is 11.4. The molecule has 0 atom stereocenters. The maximum Gasteiger partial charge on any atom is 0.227 e. The second kappa shape index (κ2) is 8.01. The van der Waals surface area contributed by atoms with E-state index >= 15 is 0 Å². The molecule has 0 unspecified atom stereocenters. The summed E-state index contributed by atoms with van der Waals surface area (Å²) in [6.07, 6.45) is 1.19. The Morgan fingerprint density at radius 3 is 1.30 bits per heavy atom. The zero-order chi connectivity index (χ0) is 18.3. The highest BCUT2D eigenvalue weighted by Gasteiger charge is 2.52. The molecule has 132 valence electrons. The highest BCUT2D eigenvalue weighted by Crippen LogP contribution is 2.58. The van der Waals surface area contributed by atoms with Gasteiger partial charge in [-0.25, -0.2) is 0 Å². The van der Waals surface area contributed by atoms with Crippen molar-refractivity contribution in [1.29, 1.82) is 0 Å². The van der Waals surface area contributed by atoms with Crippen molar-refractivity contribution in [3.63, 3.8) is 0 Å². The summed E-state index contributed by atoms with van der Waals surface area (Å²) < 4.78 is -7.71. The van der Waals surface area contributed by atoms with Crippen molar-refractivity contribution in [2.24, 2.45) is 0 Å². The molecule has 0 aliphatic heterocycles. The number of benzene rings is 1. The van der Waals surface area contributed by atoms with Crippen molar-refractivity contribution in [2.75, 3.05) is 0 Å². The van der Waals surface area contributed by atoms with Crippen molar-refractivity contribution >= 4 is 116 Å². The lowest BCUT2D eigenvalue weighted by molar-refractivity contribution is 0.785. The molecule has 0 saturated heterocycles. The van der Waals surface area contributed by atoms with Gasteiger partial charge in [-0.05, 0) is 23.1 Å². The minimum atomic E-state index is -2.00. The third kappa shape index (κ3) is 4.89. The lowest BCUT2D eigenvalue weighted by Gasteiger charge is -2.34. The molecule has 0 bridgehead atoms. The van der Waals surface area contributed by atoms with E-state index < -0.39 is 16.3 Å². The van der Waals surface area contributed by atoms with Crippen LogP contribution in [0.2, 0.25) is 0 Å². The first-order valence-electron chi connectivity index (χ1n) is 6.19. The van der Waals surface area contributed by atoms with Gasteiger partial charge in [0.2, 0.25) is 7.59 Å². The molecule has 0 aliphatic carbocycles. The lowest BCUT2D eigenvalue weighted by Crippen LogP contribution is -2.33. The predicted octanol–water partition coefficient (Wildman–Crippen LogP) is 8.64. The van der Waals surface area contributed by atoms with Gasteiger partial charge < -0.3 is 0 Å². The van der Waals surface area contributed by atoms with Crippen LogP contribution in [0.25, 0.3) is 0 Å². The van der Waals surface area contributed by atoms with Gasteiger partial charge in [-0.3, -0.25) is 0 Å². The number of halogens is 10. The van der Waals surface area contributed by atoms with Crippen LogP contribution < -0.4 is 0 Å². The van der Waals surface area contributed by atoms with Gasteiger partial charge in [-0.2, -0.15) is 0 Å². The van der Waals surface area contributed by atoms with Crippen molar-refractivity contribution in [2.45, 2.75) is 36.0 Å². The molecule has 0 radical (unpaired) electrons. The Morgan fingerprint density at radius 2 is 1.04 bits per heavy atom. The summed E-state index contributed by atoms with van der Waals surface area (Å²) in [4.78, 5) is 0. The Balaban J connectivity index is 3.69. The van der Waals surface area contributed by atoms with Crippen LogP contribution in [0.4, 0.5) is 0 Å². The molecule has 1 aromatic rings. The molecule has 0 saturated carbocycles. The van der Waals surface area contributed by atoms with Crippen molar-refractivity contribution in [3.05, 3.63) is 34.9 Å². The fourth-order valence-electron chi connectivity index (χ4n) is 2.00. The van der Waals surface area contributed by atoms with Crippen molar-refractivity contribution < 1.29 is 0 Å². The molecular formula is C13H10Cl10. The first-order valence-corrected chi connectivity index (χ1v) is 9.97. The van der Waals surface area contributed by atoms with Crippen LogP contribution in [-0.4, -0.2) is 7.59 Å². The summed E-state index contributed by atoms with van der Waals surface area (Å²) in [5.74, 6) is 0. The van der Waals surface area contributed by atoms with Crippen LogP contribution in [0.3, 0.4) is 0 Å². The molecule has 0 N–H and O–H groups in total. The smallest absolute Gasteiger partial charge is 0.0915 e. The zero-order valence-corrected chi connectivity index (χ0v) is 19.0. The minimum absolute atomic E-state index is 0.333. The van der Waals surface area contributed by atoms with Crippen LogP contribution in [0.15, 0.2) is 18.2 Å². The van der Waals surface area contributed by atoms with Gasteiger partial charge in [0, 0.05) is 0 Å². The average molecular weight is 521 g/mol. The summed E-state index contributed by atoms with van der Waals surface area (Å²) in [5.41, 5.74) is 1.22. The minimum Gasteiger partial charge on any atom is -0.0915 e. The molecule has 0 aliphatic rings. The van der Waals surface area contributed by atoms with Gasteiger partial charge in [0.05, 0.1) is 0 Å². The van der Waals surface area contributed by atoms with E-state index in [-0.39, 0.29) is 0 Å². The second-order valence-electron chi connectivity index (χ2n) is 4.73. The summed E-state index contributed by atoms with van der Waals surface area (Å²) in [6, 6.07) is 4.81. The molecular weight excluding hydrogens is 511 g/mol. The SMILES string of the molecule is CCCc1c(C(Cl)(Cl)C(Cl)(Cl)Cl)cccc1C(Cl)(Cl)C(Cl)(Cl)Cl. The number of alkyl halides is 10. The van der Waals surface area contributed by atoms with Crippen LogP contribution in [0.1, 0.15) is 30.0 Å². The van der Waals surface area contributed by atoms with E-state index in [1.54, 1.807) is 18.2 Å². The number of rotatable bonds is 4. The summed E-state index contributed by atoms with van der Waals surface area (Å²) >= 11 is 60.7. The highest BCUT2D eigenvalue weighted by molar-refractivity contribution is 6.76. The maximum atomic E-state index is 6.30. The van der Waals surface area contributed by atoms with Crippen molar-refractivity contribution in [1.82, 2.24) is 0 Å². The molecule has 0 fully saturated rings. The molecule has 10 heteroatoms. The van der Waals surface area contributed by atoms with Crippen molar-refractivity contribution in [3.8, 4) is 0 Å². The molecule has 0 heterocycles. The van der Waals surface area contributed by atoms with E-state index in [4.69, 9.17) is 116 Å². The Bertz CT molecular complexity index is 509. The highest BCUT2D eigenvalue weighted by atomic mass is 35.6. The van der Waals surface area contributed by atoms with Crippen LogP contribution in [0.5, 0.6) is 0 Å². The fourth-order valence-corrected chi connectivity index (χ4v) is 3.32. The van der Waals surface area contributed by atoms with Gasteiger partial charge in [0.15, 0.2) is 8.67 Å². The lowest BCUT2D eigenvalue weighted by atomic mass is 9.93. The molecule has 0 spiro atoms. The van der Waals surface area contributed by atoms with E-state index in [1.807, 2.05) is 6.92 Å². The first-order chi connectivity index (χ1) is 10.2. The molecule has 23 heavy (non-hydrogen) atoms. The van der Waals surface area contributed by atoms with Crippen LogP contribution in [-0.2, 0) is 15.1 Å². The monoisotopic (exact) mass is 516 g/mol. The molecule has 1 aromatic carbocycles. The second-order valence-corrected chi connectivity index (χ2v) is 11.9. The maximum absolute atomic E-state index is 6.30. The van der Waals surface area contributed by atoms with E-state index in [1.165, 1.54) is 0 Å². The Hall–Kier alpha value is 2.12. The van der Waals surface area contributed by atoms with Gasteiger partial charge in [-0.1, -0.05) is 148 Å². The van der Waals surface area contributed by atoms with Crippen LogP contribution in [0, 0.1) is 0 Å². The van der Waals surface area contributed by atoms with Crippen LogP contribution >= 0.6 is 116 Å². The Morgan fingerprint density at radius 1 is 0.696 bits per heavy atom. The Kier molecular flexibility index (Phi) is 8.07. The summed E-state index contributed by atoms with van der Waals surface area (Å²) in [7, 11) is 0. The fraction of sp³-hybridized carbons (Fsp3) is 0.538. The first kappa shape index (κ1) is 23.2. The topological polar surface area (TPSA) is 0 Å².